The van der Waals surface area contributed by atoms with E-state index in [9.17, 15) is 0 Å². The van der Waals surface area contributed by atoms with Crippen LogP contribution in [0.3, 0.4) is 0 Å². The summed E-state index contributed by atoms with van der Waals surface area (Å²) in [6.07, 6.45) is 11.2. The van der Waals surface area contributed by atoms with Crippen molar-refractivity contribution in [2.24, 2.45) is 11.8 Å². The number of hydrogen-bond donors (Lipinski definition) is 1. The molecular formula is C20H31N. The first-order valence-electron chi connectivity index (χ1n) is 9.17. The molecule has 0 heterocycles. The first-order chi connectivity index (χ1) is 10.4. The van der Waals surface area contributed by atoms with Gasteiger partial charge in [0, 0.05) is 0 Å². The van der Waals surface area contributed by atoms with Gasteiger partial charge in [-0.05, 0) is 80.5 Å². The molecule has 21 heavy (non-hydrogen) atoms. The average Bonchev–Trinajstić information content (AvgIpc) is 2.95. The molecule has 0 spiro atoms. The molecule has 3 unspecified atom stereocenters. The van der Waals surface area contributed by atoms with Crippen LogP contribution in [0.2, 0.25) is 0 Å². The summed E-state index contributed by atoms with van der Waals surface area (Å²) in [5, 5.41) is 3.66. The minimum Gasteiger partial charge on any atom is -0.316 e. The van der Waals surface area contributed by atoms with Gasteiger partial charge in [0.05, 0.1) is 0 Å². The van der Waals surface area contributed by atoms with E-state index in [4.69, 9.17) is 0 Å². The molecule has 2 aliphatic carbocycles. The summed E-state index contributed by atoms with van der Waals surface area (Å²) in [6, 6.07) is 9.22. The van der Waals surface area contributed by atoms with E-state index >= 15 is 0 Å². The van der Waals surface area contributed by atoms with Gasteiger partial charge in [-0.2, -0.15) is 0 Å². The van der Waals surface area contributed by atoms with Crippen LogP contribution in [0.15, 0.2) is 24.3 Å². The second kappa shape index (κ2) is 7.45. The molecule has 0 saturated heterocycles. The maximum Gasteiger partial charge on any atom is -0.00179 e. The summed E-state index contributed by atoms with van der Waals surface area (Å²) in [5.74, 6) is 2.74. The second-order valence-corrected chi connectivity index (χ2v) is 7.18. The minimum absolute atomic E-state index is 0.840. The van der Waals surface area contributed by atoms with Crippen LogP contribution in [0, 0.1) is 11.8 Å². The highest BCUT2D eigenvalue weighted by Gasteiger charge is 2.31. The quantitative estimate of drug-likeness (QED) is 0.732. The predicted octanol–water partition coefficient (Wildman–Crippen LogP) is 4.91. The Labute approximate surface area is 130 Å². The Morgan fingerprint density at radius 1 is 1.05 bits per heavy atom. The Kier molecular flexibility index (Phi) is 5.35. The standard InChI is InChI=1S/C20H31N/c1-2-13-21-15-19-11-6-9-17(19)14-18-10-5-8-16-7-3-4-12-20(16)18/h3-4,7,12,17-19,21H,2,5-6,8-11,13-15H2,1H3. The van der Waals surface area contributed by atoms with Crippen LogP contribution in [0.4, 0.5) is 0 Å². The van der Waals surface area contributed by atoms with Gasteiger partial charge in [-0.15, -0.1) is 0 Å². The number of hydrogen-bond acceptors (Lipinski definition) is 1. The van der Waals surface area contributed by atoms with E-state index in [1.165, 1.54) is 64.5 Å². The summed E-state index contributed by atoms with van der Waals surface area (Å²) in [5.41, 5.74) is 3.31. The van der Waals surface area contributed by atoms with Gasteiger partial charge in [-0.3, -0.25) is 0 Å². The summed E-state index contributed by atoms with van der Waals surface area (Å²) in [4.78, 5) is 0. The molecule has 1 heteroatoms. The molecule has 1 fully saturated rings. The lowest BCUT2D eigenvalue weighted by Crippen LogP contribution is -2.27. The molecule has 0 radical (unpaired) electrons. The molecular weight excluding hydrogens is 254 g/mol. The third-order valence-corrected chi connectivity index (χ3v) is 5.73. The zero-order chi connectivity index (χ0) is 14.5. The van der Waals surface area contributed by atoms with E-state index in [1.54, 1.807) is 11.1 Å². The fourth-order valence-corrected chi connectivity index (χ4v) is 4.62. The number of fused-ring (bicyclic) bond motifs is 1. The van der Waals surface area contributed by atoms with Crippen molar-refractivity contribution in [2.45, 2.75) is 64.2 Å². The number of rotatable bonds is 6. The Morgan fingerprint density at radius 2 is 1.90 bits per heavy atom. The molecule has 1 aromatic rings. The molecule has 1 N–H and O–H groups in total. The van der Waals surface area contributed by atoms with Gasteiger partial charge in [-0.25, -0.2) is 0 Å². The van der Waals surface area contributed by atoms with E-state index < -0.39 is 0 Å². The van der Waals surface area contributed by atoms with Gasteiger partial charge < -0.3 is 5.32 Å². The summed E-state index contributed by atoms with van der Waals surface area (Å²) in [6.45, 7) is 4.71. The molecule has 1 nitrogen and oxygen atoms in total. The topological polar surface area (TPSA) is 12.0 Å². The van der Waals surface area contributed by atoms with Gasteiger partial charge >= 0.3 is 0 Å². The van der Waals surface area contributed by atoms with Crippen molar-refractivity contribution in [3.8, 4) is 0 Å². The molecule has 0 aliphatic heterocycles. The average molecular weight is 285 g/mol. The third-order valence-electron chi connectivity index (χ3n) is 5.73. The fourth-order valence-electron chi connectivity index (χ4n) is 4.62. The van der Waals surface area contributed by atoms with Crippen LogP contribution in [0.5, 0.6) is 0 Å². The molecule has 3 rings (SSSR count). The van der Waals surface area contributed by atoms with E-state index in [0.717, 1.165) is 17.8 Å². The SMILES string of the molecule is CCCNCC1CCCC1CC1CCCc2ccccc21. The van der Waals surface area contributed by atoms with Crippen molar-refractivity contribution >= 4 is 0 Å². The van der Waals surface area contributed by atoms with Crippen LogP contribution in [-0.2, 0) is 6.42 Å². The molecule has 0 aromatic heterocycles. The van der Waals surface area contributed by atoms with Gasteiger partial charge in [-0.1, -0.05) is 44.0 Å². The third kappa shape index (κ3) is 3.69. The Morgan fingerprint density at radius 3 is 2.81 bits per heavy atom. The second-order valence-electron chi connectivity index (χ2n) is 7.18. The lowest BCUT2D eigenvalue weighted by atomic mass is 9.76. The highest BCUT2D eigenvalue weighted by molar-refractivity contribution is 5.32. The fraction of sp³-hybridized carbons (Fsp3) is 0.700. The maximum atomic E-state index is 3.66. The van der Waals surface area contributed by atoms with Crippen LogP contribution in [0.25, 0.3) is 0 Å². The zero-order valence-corrected chi connectivity index (χ0v) is 13.6. The number of nitrogens with one attached hydrogen (secondary N) is 1. The molecule has 116 valence electrons. The van der Waals surface area contributed by atoms with E-state index in [1.807, 2.05) is 0 Å². The number of benzene rings is 1. The summed E-state index contributed by atoms with van der Waals surface area (Å²) >= 11 is 0. The largest absolute Gasteiger partial charge is 0.316 e. The Balaban J connectivity index is 1.61. The lowest BCUT2D eigenvalue weighted by Gasteiger charge is -2.30. The van der Waals surface area contributed by atoms with Gasteiger partial charge in [0.15, 0.2) is 0 Å². The van der Waals surface area contributed by atoms with Gasteiger partial charge in [0.1, 0.15) is 0 Å². The molecule has 0 bridgehead atoms. The Bertz CT molecular complexity index is 439. The monoisotopic (exact) mass is 285 g/mol. The van der Waals surface area contributed by atoms with Gasteiger partial charge in [0.2, 0.25) is 0 Å². The van der Waals surface area contributed by atoms with Crippen LogP contribution >= 0.6 is 0 Å². The van der Waals surface area contributed by atoms with Crippen LogP contribution in [0.1, 0.15) is 68.9 Å². The van der Waals surface area contributed by atoms with Crippen molar-refractivity contribution in [2.75, 3.05) is 13.1 Å². The predicted molar refractivity (Wildman–Crippen MR) is 90.7 cm³/mol. The van der Waals surface area contributed by atoms with Crippen LogP contribution < -0.4 is 5.32 Å². The van der Waals surface area contributed by atoms with Gasteiger partial charge in [0.25, 0.3) is 0 Å². The highest BCUT2D eigenvalue weighted by Crippen LogP contribution is 2.42. The van der Waals surface area contributed by atoms with Crippen LogP contribution in [-0.4, -0.2) is 13.1 Å². The molecule has 3 atom stereocenters. The molecule has 1 aromatic carbocycles. The van der Waals surface area contributed by atoms with E-state index in [-0.39, 0.29) is 0 Å². The first kappa shape index (κ1) is 15.1. The van der Waals surface area contributed by atoms with Crippen molar-refractivity contribution in [3.63, 3.8) is 0 Å². The van der Waals surface area contributed by atoms with Crippen molar-refractivity contribution < 1.29 is 0 Å². The van der Waals surface area contributed by atoms with E-state index in [0.29, 0.717) is 0 Å². The van der Waals surface area contributed by atoms with Crippen molar-refractivity contribution in [1.29, 1.82) is 0 Å². The number of aryl methyl sites for hydroxylation is 1. The van der Waals surface area contributed by atoms with E-state index in [2.05, 4.69) is 36.5 Å². The Hall–Kier alpha value is -0.820. The normalized spacial score (nSPS) is 28.5. The van der Waals surface area contributed by atoms with Crippen molar-refractivity contribution in [3.05, 3.63) is 35.4 Å². The molecule has 1 saturated carbocycles. The highest BCUT2D eigenvalue weighted by atomic mass is 14.9. The smallest absolute Gasteiger partial charge is 0.00179 e. The molecule has 2 aliphatic rings. The summed E-state index contributed by atoms with van der Waals surface area (Å²) < 4.78 is 0. The lowest BCUT2D eigenvalue weighted by molar-refractivity contribution is 0.313. The molecule has 0 amide bonds. The zero-order valence-electron chi connectivity index (χ0n) is 13.6. The maximum absolute atomic E-state index is 3.66. The van der Waals surface area contributed by atoms with Crippen molar-refractivity contribution in [1.82, 2.24) is 5.32 Å². The minimum atomic E-state index is 0.840. The summed E-state index contributed by atoms with van der Waals surface area (Å²) in [7, 11) is 0. The first-order valence-corrected chi connectivity index (χ1v) is 9.17.